The average molecular weight is 410 g/mol. The zero-order valence-electron chi connectivity index (χ0n) is 16.0. The van der Waals surface area contributed by atoms with Gasteiger partial charge in [-0.3, -0.25) is 20.4 Å². The van der Waals surface area contributed by atoms with E-state index in [-0.39, 0.29) is 36.5 Å². The first kappa shape index (κ1) is 20.2. The van der Waals surface area contributed by atoms with Crippen LogP contribution in [0.4, 0.5) is 13.2 Å². The van der Waals surface area contributed by atoms with Crippen molar-refractivity contribution in [2.45, 2.75) is 31.5 Å². The third-order valence-corrected chi connectivity index (χ3v) is 6.32. The van der Waals surface area contributed by atoms with Gasteiger partial charge in [-0.15, -0.1) is 0 Å². The quantitative estimate of drug-likeness (QED) is 0.782. The van der Waals surface area contributed by atoms with Crippen molar-refractivity contribution in [1.29, 1.82) is 0 Å². The molecule has 9 heteroatoms. The summed E-state index contributed by atoms with van der Waals surface area (Å²) in [7, 11) is 0. The molecule has 1 aromatic rings. The van der Waals surface area contributed by atoms with Crippen molar-refractivity contribution in [1.82, 2.24) is 20.7 Å². The van der Waals surface area contributed by atoms with Crippen LogP contribution in [-0.4, -0.2) is 60.4 Å². The molecule has 0 bridgehead atoms. The van der Waals surface area contributed by atoms with Crippen molar-refractivity contribution in [3.63, 3.8) is 0 Å². The van der Waals surface area contributed by atoms with Gasteiger partial charge in [0, 0.05) is 38.8 Å². The van der Waals surface area contributed by atoms with E-state index in [1.807, 2.05) is 0 Å². The van der Waals surface area contributed by atoms with E-state index in [9.17, 15) is 22.8 Å². The maximum absolute atomic E-state index is 13.2. The lowest BCUT2D eigenvalue weighted by atomic mass is 9.77. The second kappa shape index (κ2) is 7.95. The van der Waals surface area contributed by atoms with Crippen LogP contribution in [0.2, 0.25) is 0 Å². The minimum Gasteiger partial charge on any atom is -0.339 e. The second-order valence-electron chi connectivity index (χ2n) is 8.01. The molecule has 158 valence electrons. The summed E-state index contributed by atoms with van der Waals surface area (Å²) in [5.74, 6) is -0.181. The zero-order chi connectivity index (χ0) is 20.6. The lowest BCUT2D eigenvalue weighted by Gasteiger charge is -2.39. The monoisotopic (exact) mass is 410 g/mol. The molecular weight excluding hydrogens is 385 g/mol. The van der Waals surface area contributed by atoms with Crippen molar-refractivity contribution >= 4 is 11.8 Å². The summed E-state index contributed by atoms with van der Waals surface area (Å²) in [4.78, 5) is 28.9. The minimum atomic E-state index is -4.58. The van der Waals surface area contributed by atoms with Crippen molar-refractivity contribution in [3.05, 3.63) is 35.4 Å². The molecule has 0 radical (unpaired) electrons. The molecule has 2 aliphatic heterocycles. The van der Waals surface area contributed by atoms with Gasteiger partial charge in [0.25, 0.3) is 5.91 Å². The third kappa shape index (κ3) is 3.98. The van der Waals surface area contributed by atoms with Crippen LogP contribution in [0, 0.1) is 11.8 Å². The number of piperazine rings is 1. The number of rotatable bonds is 2. The molecule has 2 N–H and O–H groups in total. The molecule has 6 nitrogen and oxygen atoms in total. The Labute approximate surface area is 167 Å². The van der Waals surface area contributed by atoms with Crippen LogP contribution in [0.5, 0.6) is 0 Å². The van der Waals surface area contributed by atoms with Crippen LogP contribution in [0.15, 0.2) is 24.3 Å². The second-order valence-corrected chi connectivity index (χ2v) is 8.01. The highest BCUT2D eigenvalue weighted by Crippen LogP contribution is 2.34. The van der Waals surface area contributed by atoms with E-state index < -0.39 is 17.6 Å². The Kier molecular flexibility index (Phi) is 5.52. The molecule has 3 unspecified atom stereocenters. The molecule has 4 rings (SSSR count). The van der Waals surface area contributed by atoms with E-state index >= 15 is 0 Å². The van der Waals surface area contributed by atoms with E-state index in [0.717, 1.165) is 31.9 Å². The van der Waals surface area contributed by atoms with E-state index in [1.54, 1.807) is 4.90 Å². The molecule has 2 amide bonds. The molecular formula is C20H25F3N4O2. The normalized spacial score (nSPS) is 27.6. The summed E-state index contributed by atoms with van der Waals surface area (Å²) in [6.45, 7) is 2.04. The number of carbonyl (C=O) groups is 2. The Morgan fingerprint density at radius 1 is 1.00 bits per heavy atom. The summed E-state index contributed by atoms with van der Waals surface area (Å²) < 4.78 is 39.7. The topological polar surface area (TPSA) is 64.7 Å². The maximum atomic E-state index is 13.2. The Bertz CT molecular complexity index is 777. The molecule has 3 atom stereocenters. The van der Waals surface area contributed by atoms with Gasteiger partial charge in [-0.2, -0.15) is 13.2 Å². The number of fused-ring (bicyclic) bond motifs is 1. The van der Waals surface area contributed by atoms with Crippen molar-refractivity contribution in [2.75, 3.05) is 32.7 Å². The number of hydrogen-bond acceptors (Lipinski definition) is 4. The number of benzene rings is 1. The fourth-order valence-corrected chi connectivity index (χ4v) is 4.77. The van der Waals surface area contributed by atoms with Gasteiger partial charge >= 0.3 is 6.18 Å². The molecule has 2 heterocycles. The number of hydrazine groups is 1. The van der Waals surface area contributed by atoms with Crippen LogP contribution in [0.1, 0.15) is 35.2 Å². The first-order valence-electron chi connectivity index (χ1n) is 10.1. The molecule has 1 aliphatic carbocycles. The number of hydrogen-bond donors (Lipinski definition) is 2. The van der Waals surface area contributed by atoms with Gasteiger partial charge in [0.05, 0.1) is 17.0 Å². The summed E-state index contributed by atoms with van der Waals surface area (Å²) in [5, 5.41) is 0. The number of amides is 2. The van der Waals surface area contributed by atoms with Crippen LogP contribution < -0.4 is 10.9 Å². The number of nitrogens with zero attached hydrogens (tertiary/aromatic N) is 2. The Morgan fingerprint density at radius 3 is 2.41 bits per heavy atom. The summed E-state index contributed by atoms with van der Waals surface area (Å²) in [6.07, 6.45) is -1.61. The van der Waals surface area contributed by atoms with Crippen molar-refractivity contribution < 1.29 is 22.8 Å². The van der Waals surface area contributed by atoms with Crippen LogP contribution in [0.25, 0.3) is 0 Å². The van der Waals surface area contributed by atoms with Gasteiger partial charge < -0.3 is 9.80 Å². The molecule has 3 fully saturated rings. The van der Waals surface area contributed by atoms with E-state index in [1.165, 1.54) is 23.1 Å². The third-order valence-electron chi connectivity index (χ3n) is 6.32. The summed E-state index contributed by atoms with van der Waals surface area (Å²) >= 11 is 0. The highest BCUT2D eigenvalue weighted by molar-refractivity contribution is 5.96. The van der Waals surface area contributed by atoms with E-state index in [2.05, 4.69) is 10.9 Å². The Balaban J connectivity index is 1.40. The molecule has 0 aromatic heterocycles. The van der Waals surface area contributed by atoms with Gasteiger partial charge in [-0.25, -0.2) is 0 Å². The number of carbonyl (C=O) groups excluding carboxylic acids is 2. The molecule has 0 spiro atoms. The van der Waals surface area contributed by atoms with Gasteiger partial charge in [0.15, 0.2) is 0 Å². The molecule has 29 heavy (non-hydrogen) atoms. The highest BCUT2D eigenvalue weighted by atomic mass is 19.4. The standard InChI is InChI=1S/C20H25F3N4O2/c21-20(22,23)16-7-2-1-5-14(16)18(28)26-8-10-27(11-9-26)19(29)15-6-3-4-13-12-24-25-17(13)15/h1-2,5,7,13,15,17,24-25H,3-4,6,8-12H2. The SMILES string of the molecule is O=C(c1ccccc1C(F)(F)F)N1CCN(C(=O)C2CCCC3CNNC32)CC1. The molecule has 3 aliphatic rings. The van der Waals surface area contributed by atoms with Gasteiger partial charge in [-0.05, 0) is 30.9 Å². The van der Waals surface area contributed by atoms with Gasteiger partial charge in [-0.1, -0.05) is 18.6 Å². The zero-order valence-corrected chi connectivity index (χ0v) is 16.0. The number of halogens is 3. The van der Waals surface area contributed by atoms with Crippen LogP contribution in [-0.2, 0) is 11.0 Å². The lowest BCUT2D eigenvalue weighted by Crippen LogP contribution is -2.55. The summed E-state index contributed by atoms with van der Waals surface area (Å²) in [5.41, 5.74) is 5.12. The molecule has 1 aromatic carbocycles. The number of alkyl halides is 3. The fourth-order valence-electron chi connectivity index (χ4n) is 4.77. The first-order chi connectivity index (χ1) is 13.9. The van der Waals surface area contributed by atoms with E-state index in [0.29, 0.717) is 19.0 Å². The largest absolute Gasteiger partial charge is 0.417 e. The van der Waals surface area contributed by atoms with Crippen molar-refractivity contribution in [2.24, 2.45) is 11.8 Å². The maximum Gasteiger partial charge on any atom is 0.417 e. The predicted molar refractivity (Wildman–Crippen MR) is 99.7 cm³/mol. The average Bonchev–Trinajstić information content (AvgIpc) is 3.21. The first-order valence-corrected chi connectivity index (χ1v) is 10.1. The Hall–Kier alpha value is -2.13. The smallest absolute Gasteiger partial charge is 0.339 e. The highest BCUT2D eigenvalue weighted by Gasteiger charge is 2.42. The lowest BCUT2D eigenvalue weighted by molar-refractivity contribution is -0.139. The van der Waals surface area contributed by atoms with Gasteiger partial charge in [0.2, 0.25) is 5.91 Å². The van der Waals surface area contributed by atoms with Gasteiger partial charge in [0.1, 0.15) is 0 Å². The summed E-state index contributed by atoms with van der Waals surface area (Å²) in [6, 6.07) is 4.98. The van der Waals surface area contributed by atoms with Crippen LogP contribution >= 0.6 is 0 Å². The van der Waals surface area contributed by atoms with E-state index in [4.69, 9.17) is 0 Å². The van der Waals surface area contributed by atoms with Crippen molar-refractivity contribution in [3.8, 4) is 0 Å². The van der Waals surface area contributed by atoms with Crippen LogP contribution in [0.3, 0.4) is 0 Å². The predicted octanol–water partition coefficient (Wildman–Crippen LogP) is 1.88. The fraction of sp³-hybridized carbons (Fsp3) is 0.600. The molecule has 1 saturated carbocycles. The Morgan fingerprint density at radius 2 is 1.69 bits per heavy atom. The number of nitrogens with one attached hydrogen (secondary N) is 2. The minimum absolute atomic E-state index is 0.0821. The molecule has 2 saturated heterocycles.